The largest absolute Gasteiger partial charge is 0.392 e. The van der Waals surface area contributed by atoms with E-state index in [4.69, 9.17) is 9.47 Å². The van der Waals surface area contributed by atoms with E-state index < -0.39 is 6.10 Å². The van der Waals surface area contributed by atoms with Gasteiger partial charge in [0.2, 0.25) is 11.8 Å². The van der Waals surface area contributed by atoms with Gasteiger partial charge in [-0.1, -0.05) is 20.8 Å². The fraction of sp³-hybridized carbons (Fsp3) is 0.920. The van der Waals surface area contributed by atoms with E-state index in [2.05, 4.69) is 19.2 Å². The summed E-state index contributed by atoms with van der Waals surface area (Å²) in [5, 5.41) is 14.8. The maximum Gasteiger partial charge on any atom is 0.226 e. The highest BCUT2D eigenvalue weighted by molar-refractivity contribution is 5.79. The molecule has 1 saturated heterocycles. The average molecular weight is 453 g/mol. The lowest BCUT2D eigenvalue weighted by Gasteiger charge is -2.56. The van der Waals surface area contributed by atoms with Gasteiger partial charge in [0.1, 0.15) is 0 Å². The molecule has 2 saturated carbocycles. The van der Waals surface area contributed by atoms with E-state index in [9.17, 15) is 14.7 Å². The van der Waals surface area contributed by atoms with Crippen LogP contribution >= 0.6 is 0 Å². The third-order valence-electron chi connectivity index (χ3n) is 8.82. The lowest BCUT2D eigenvalue weighted by molar-refractivity contribution is -0.152. The molecule has 1 aliphatic heterocycles. The average Bonchev–Trinajstić information content (AvgIpc) is 3.22. The van der Waals surface area contributed by atoms with Gasteiger partial charge in [-0.15, -0.1) is 0 Å². The van der Waals surface area contributed by atoms with E-state index in [1.807, 2.05) is 11.8 Å². The van der Waals surface area contributed by atoms with Crippen LogP contribution in [0.15, 0.2) is 0 Å². The molecule has 3 fully saturated rings. The summed E-state index contributed by atoms with van der Waals surface area (Å²) in [7, 11) is 3.29. The monoisotopic (exact) mass is 452 g/mol. The van der Waals surface area contributed by atoms with Gasteiger partial charge in [0.15, 0.2) is 0 Å². The quantitative estimate of drug-likeness (QED) is 0.591. The molecule has 0 aromatic carbocycles. The smallest absolute Gasteiger partial charge is 0.226 e. The number of nitrogens with one attached hydrogen (secondary N) is 1. The zero-order chi connectivity index (χ0) is 23.5. The van der Waals surface area contributed by atoms with Crippen LogP contribution in [-0.2, 0) is 19.1 Å². The normalized spacial score (nSPS) is 38.2. The Labute approximate surface area is 193 Å². The Morgan fingerprint density at radius 2 is 1.91 bits per heavy atom. The lowest BCUT2D eigenvalue weighted by atomic mass is 9.51. The van der Waals surface area contributed by atoms with Crippen molar-refractivity contribution >= 4 is 11.8 Å². The molecule has 1 unspecified atom stereocenters. The summed E-state index contributed by atoms with van der Waals surface area (Å²) in [6.07, 6.45) is 5.65. The molecule has 3 rings (SSSR count). The summed E-state index contributed by atoms with van der Waals surface area (Å²) in [5.41, 5.74) is 0.0537. The van der Waals surface area contributed by atoms with Gasteiger partial charge in [0.25, 0.3) is 0 Å². The molecule has 2 amide bonds. The molecule has 0 bridgehead atoms. The fourth-order valence-electron chi connectivity index (χ4n) is 6.91. The fourth-order valence-corrected chi connectivity index (χ4v) is 6.91. The van der Waals surface area contributed by atoms with Crippen molar-refractivity contribution in [1.82, 2.24) is 10.2 Å². The number of methoxy groups -OCH3 is 2. The lowest BCUT2D eigenvalue weighted by Crippen LogP contribution is -2.58. The number of carbonyl (C=O) groups is 2. The number of likely N-dealkylation sites (tertiary alicyclic amines) is 1. The number of carbonyl (C=O) groups excluding carboxylic acids is 2. The molecular weight excluding hydrogens is 408 g/mol. The molecule has 32 heavy (non-hydrogen) atoms. The number of aliphatic hydroxyl groups is 1. The molecule has 1 heterocycles. The molecule has 3 aliphatic rings. The SMILES string of the molecule is COCCC(=O)N[C@H]1CC[C@]2(C)CCC([C@H](C)C(=O)N3CCC[C@@H]3COC)[C@H](O)[C@H]2[C@@H]1C. The molecule has 0 aromatic rings. The van der Waals surface area contributed by atoms with Gasteiger partial charge < -0.3 is 24.8 Å². The molecule has 2 N–H and O–H groups in total. The van der Waals surface area contributed by atoms with Crippen LogP contribution in [-0.4, -0.2) is 74.0 Å². The number of rotatable bonds is 8. The number of hydrogen-bond donors (Lipinski definition) is 2. The van der Waals surface area contributed by atoms with Crippen molar-refractivity contribution in [2.75, 3.05) is 34.0 Å². The van der Waals surface area contributed by atoms with Gasteiger partial charge >= 0.3 is 0 Å². The summed E-state index contributed by atoms with van der Waals surface area (Å²) < 4.78 is 10.4. The number of nitrogens with zero attached hydrogens (tertiary/aromatic N) is 1. The van der Waals surface area contributed by atoms with Gasteiger partial charge in [-0.3, -0.25) is 9.59 Å². The van der Waals surface area contributed by atoms with Crippen LogP contribution in [0.4, 0.5) is 0 Å². The van der Waals surface area contributed by atoms with Crippen molar-refractivity contribution in [3.05, 3.63) is 0 Å². The Balaban J connectivity index is 1.70. The van der Waals surface area contributed by atoms with Crippen molar-refractivity contribution < 1.29 is 24.2 Å². The summed E-state index contributed by atoms with van der Waals surface area (Å²) >= 11 is 0. The predicted octanol–water partition coefficient (Wildman–Crippen LogP) is 2.60. The third kappa shape index (κ3) is 5.15. The van der Waals surface area contributed by atoms with Crippen molar-refractivity contribution in [3.8, 4) is 0 Å². The van der Waals surface area contributed by atoms with Gasteiger partial charge in [-0.2, -0.15) is 0 Å². The van der Waals surface area contributed by atoms with Crippen molar-refractivity contribution in [2.24, 2.45) is 29.1 Å². The van der Waals surface area contributed by atoms with E-state index in [0.717, 1.165) is 45.1 Å². The molecule has 0 spiro atoms. The van der Waals surface area contributed by atoms with E-state index in [1.165, 1.54) is 0 Å². The number of amides is 2. The van der Waals surface area contributed by atoms with E-state index in [-0.39, 0.29) is 53.0 Å². The first-order valence-corrected chi connectivity index (χ1v) is 12.5. The van der Waals surface area contributed by atoms with Gasteiger partial charge in [-0.05, 0) is 61.7 Å². The second-order valence-corrected chi connectivity index (χ2v) is 10.8. The molecule has 0 radical (unpaired) electrons. The highest BCUT2D eigenvalue weighted by Gasteiger charge is 2.54. The van der Waals surface area contributed by atoms with Crippen LogP contribution < -0.4 is 5.32 Å². The summed E-state index contributed by atoms with van der Waals surface area (Å²) in [4.78, 5) is 27.7. The highest BCUT2D eigenvalue weighted by atomic mass is 16.5. The first kappa shape index (κ1) is 25.4. The minimum absolute atomic E-state index is 0.0101. The zero-order valence-corrected chi connectivity index (χ0v) is 20.6. The van der Waals surface area contributed by atoms with E-state index in [0.29, 0.717) is 19.6 Å². The summed E-state index contributed by atoms with van der Waals surface area (Å²) in [6.45, 7) is 8.23. The Morgan fingerprint density at radius 3 is 2.59 bits per heavy atom. The number of aliphatic hydroxyl groups excluding tert-OH is 1. The molecule has 184 valence electrons. The molecule has 8 atom stereocenters. The zero-order valence-electron chi connectivity index (χ0n) is 20.6. The standard InChI is InChI=1S/C25H44N2O5/c1-16(24(30)27-13-6-7-18(27)15-32-5)19-8-11-25(3)12-9-20(17(2)22(25)23(19)29)26-21(28)10-14-31-4/h16-20,22-23,29H,6-15H2,1-5H3,(H,26,28)/t16-,17+,18+,19?,20-,22+,23-,25-/m0/s1. The van der Waals surface area contributed by atoms with Crippen LogP contribution in [0, 0.1) is 29.1 Å². The topological polar surface area (TPSA) is 88.1 Å². The van der Waals surface area contributed by atoms with Gasteiger partial charge in [-0.25, -0.2) is 0 Å². The highest BCUT2D eigenvalue weighted by Crippen LogP contribution is 2.55. The Kier molecular flexibility index (Phi) is 8.61. The second kappa shape index (κ2) is 10.8. The summed E-state index contributed by atoms with van der Waals surface area (Å²) in [5.74, 6) is 0.145. The van der Waals surface area contributed by atoms with Crippen LogP contribution in [0.5, 0.6) is 0 Å². The third-order valence-corrected chi connectivity index (χ3v) is 8.82. The van der Waals surface area contributed by atoms with E-state index >= 15 is 0 Å². The van der Waals surface area contributed by atoms with Gasteiger partial charge in [0.05, 0.1) is 25.4 Å². The minimum atomic E-state index is -0.537. The van der Waals surface area contributed by atoms with Crippen LogP contribution in [0.3, 0.4) is 0 Å². The number of ether oxygens (including phenoxy) is 2. The van der Waals surface area contributed by atoms with Crippen molar-refractivity contribution in [1.29, 1.82) is 0 Å². The first-order valence-electron chi connectivity index (χ1n) is 12.5. The molecule has 0 aromatic heterocycles. The molecular formula is C25H44N2O5. The minimum Gasteiger partial charge on any atom is -0.392 e. The van der Waals surface area contributed by atoms with Crippen molar-refractivity contribution in [2.45, 2.75) is 83.9 Å². The number of fused-ring (bicyclic) bond motifs is 1. The Bertz CT molecular complexity index is 658. The Morgan fingerprint density at radius 1 is 1.19 bits per heavy atom. The molecule has 7 heteroatoms. The number of hydrogen-bond acceptors (Lipinski definition) is 5. The first-order chi connectivity index (χ1) is 15.2. The predicted molar refractivity (Wildman–Crippen MR) is 123 cm³/mol. The van der Waals surface area contributed by atoms with Crippen LogP contribution in [0.1, 0.15) is 65.7 Å². The van der Waals surface area contributed by atoms with Gasteiger partial charge in [0, 0.05) is 39.1 Å². The van der Waals surface area contributed by atoms with E-state index in [1.54, 1.807) is 14.2 Å². The van der Waals surface area contributed by atoms with Crippen LogP contribution in [0.25, 0.3) is 0 Å². The second-order valence-electron chi connectivity index (χ2n) is 10.8. The maximum atomic E-state index is 13.4. The summed E-state index contributed by atoms with van der Waals surface area (Å²) in [6, 6.07) is 0.211. The van der Waals surface area contributed by atoms with Crippen molar-refractivity contribution in [3.63, 3.8) is 0 Å². The van der Waals surface area contributed by atoms with Crippen LogP contribution in [0.2, 0.25) is 0 Å². The maximum absolute atomic E-state index is 13.4. The molecule has 7 nitrogen and oxygen atoms in total. The Hall–Kier alpha value is -1.18. The molecule has 2 aliphatic carbocycles.